The minimum atomic E-state index is -0.823. The van der Waals surface area contributed by atoms with Gasteiger partial charge in [0.1, 0.15) is 6.10 Å². The Balaban J connectivity index is 4.72. The van der Waals surface area contributed by atoms with Gasteiger partial charge in [0.2, 0.25) is 5.91 Å². The first-order chi connectivity index (χ1) is 30.5. The molecule has 3 unspecified atom stereocenters. The van der Waals surface area contributed by atoms with Gasteiger partial charge >= 0.3 is 5.97 Å². The van der Waals surface area contributed by atoms with Crippen LogP contribution in [0.2, 0.25) is 0 Å². The van der Waals surface area contributed by atoms with Gasteiger partial charge in [0.15, 0.2) is 0 Å². The van der Waals surface area contributed by atoms with Crippen LogP contribution >= 0.6 is 0 Å². The van der Waals surface area contributed by atoms with Crippen molar-refractivity contribution in [3.63, 3.8) is 0 Å². The zero-order chi connectivity index (χ0) is 45.2. The van der Waals surface area contributed by atoms with Crippen molar-refractivity contribution in [3.8, 4) is 0 Å². The van der Waals surface area contributed by atoms with E-state index < -0.39 is 18.2 Å². The third-order valence-corrected chi connectivity index (χ3v) is 11.5. The normalized spacial score (nSPS) is 13.8. The van der Waals surface area contributed by atoms with Crippen molar-refractivity contribution in [1.82, 2.24) is 5.32 Å². The molecule has 0 radical (unpaired) electrons. The summed E-state index contributed by atoms with van der Waals surface area (Å²) in [4.78, 5) is 26.1. The van der Waals surface area contributed by atoms with Crippen LogP contribution in [-0.2, 0) is 14.3 Å². The number of nitrogens with one attached hydrogen (secondary N) is 1. The van der Waals surface area contributed by atoms with E-state index in [1.54, 1.807) is 6.08 Å². The van der Waals surface area contributed by atoms with Gasteiger partial charge in [-0.05, 0) is 76.7 Å². The number of carbonyl (C=O) groups excluding carboxylic acids is 2. The molecule has 6 nitrogen and oxygen atoms in total. The number of amides is 1. The van der Waals surface area contributed by atoms with E-state index in [4.69, 9.17) is 4.74 Å². The van der Waals surface area contributed by atoms with Gasteiger partial charge < -0.3 is 20.3 Å². The van der Waals surface area contributed by atoms with Gasteiger partial charge in [-0.15, -0.1) is 0 Å². The summed E-state index contributed by atoms with van der Waals surface area (Å²) in [6.07, 6.45) is 62.8. The standard InChI is InChI=1S/C56H99NO5/c1-4-7-10-13-16-19-22-25-28-30-33-36-39-42-45-48-54(59)53(51-58)57-55(60)50-52(47-44-41-38-35-32-29-26-23-20-17-14-11-8-5-2)62-56(61)49-46-43-40-37-34-31-27-24-21-18-15-12-9-6-3/h8,11,17,20,26,29,31,34-35,38,44,47,52-54,58-59H,4-7,9-10,12-16,18-19,21-25,27-28,30,32-33,36-37,39-43,45-46,48-51H2,1-3H3,(H,57,60)/b11-8+,20-17+,29-26+,34-31-,38-35+,47-44+. The summed E-state index contributed by atoms with van der Waals surface area (Å²) in [5.74, 6) is -0.647. The zero-order valence-corrected chi connectivity index (χ0v) is 40.7. The van der Waals surface area contributed by atoms with Crippen LogP contribution in [0.15, 0.2) is 72.9 Å². The lowest BCUT2D eigenvalue weighted by Gasteiger charge is -2.23. The molecule has 1 amide bonds. The second-order valence-corrected chi connectivity index (χ2v) is 17.5. The molecule has 0 aliphatic carbocycles. The average Bonchev–Trinajstić information content (AvgIpc) is 3.26. The first-order valence-corrected chi connectivity index (χ1v) is 26.2. The Labute approximate surface area is 383 Å². The molecule has 0 rings (SSSR count). The molecule has 0 aromatic carbocycles. The summed E-state index contributed by atoms with van der Waals surface area (Å²) in [5.41, 5.74) is 0. The van der Waals surface area contributed by atoms with E-state index in [0.29, 0.717) is 19.3 Å². The van der Waals surface area contributed by atoms with Gasteiger partial charge in [-0.2, -0.15) is 0 Å². The Morgan fingerprint density at radius 2 is 0.903 bits per heavy atom. The summed E-state index contributed by atoms with van der Waals surface area (Å²) in [6.45, 7) is 6.33. The summed E-state index contributed by atoms with van der Waals surface area (Å²) in [5, 5.41) is 23.7. The third-order valence-electron chi connectivity index (χ3n) is 11.5. The molecule has 0 saturated carbocycles. The Kier molecular flexibility index (Phi) is 47.2. The number of carbonyl (C=O) groups is 2. The Bertz CT molecular complexity index is 1150. The largest absolute Gasteiger partial charge is 0.458 e. The Morgan fingerprint density at radius 1 is 0.500 bits per heavy atom. The van der Waals surface area contributed by atoms with Crippen LogP contribution in [0.25, 0.3) is 0 Å². The van der Waals surface area contributed by atoms with E-state index in [9.17, 15) is 19.8 Å². The van der Waals surface area contributed by atoms with Gasteiger partial charge in [-0.3, -0.25) is 9.59 Å². The fraction of sp³-hybridized carbons (Fsp3) is 0.750. The first-order valence-electron chi connectivity index (χ1n) is 26.2. The van der Waals surface area contributed by atoms with Crippen molar-refractivity contribution in [3.05, 3.63) is 72.9 Å². The summed E-state index contributed by atoms with van der Waals surface area (Å²) in [7, 11) is 0. The van der Waals surface area contributed by atoms with Crippen LogP contribution in [0.5, 0.6) is 0 Å². The monoisotopic (exact) mass is 866 g/mol. The lowest BCUT2D eigenvalue weighted by Crippen LogP contribution is -2.46. The predicted octanol–water partition coefficient (Wildman–Crippen LogP) is 15.8. The predicted molar refractivity (Wildman–Crippen MR) is 268 cm³/mol. The summed E-state index contributed by atoms with van der Waals surface area (Å²) >= 11 is 0. The number of allylic oxidation sites excluding steroid dienone is 11. The molecule has 6 heteroatoms. The average molecular weight is 866 g/mol. The molecule has 0 aromatic heterocycles. The number of rotatable bonds is 46. The van der Waals surface area contributed by atoms with E-state index in [1.807, 2.05) is 6.08 Å². The van der Waals surface area contributed by atoms with Gasteiger partial charge in [0, 0.05) is 6.42 Å². The van der Waals surface area contributed by atoms with E-state index in [0.717, 1.165) is 77.0 Å². The number of hydrogen-bond acceptors (Lipinski definition) is 5. The lowest BCUT2D eigenvalue weighted by atomic mass is 10.0. The molecule has 0 saturated heterocycles. The highest BCUT2D eigenvalue weighted by atomic mass is 16.5. The second kappa shape index (κ2) is 49.3. The minimum absolute atomic E-state index is 0.0534. The highest BCUT2D eigenvalue weighted by molar-refractivity contribution is 5.78. The van der Waals surface area contributed by atoms with Gasteiger partial charge in [-0.1, -0.05) is 229 Å². The van der Waals surface area contributed by atoms with E-state index >= 15 is 0 Å². The van der Waals surface area contributed by atoms with Gasteiger partial charge in [0.25, 0.3) is 0 Å². The van der Waals surface area contributed by atoms with E-state index in [2.05, 4.69) is 86.8 Å². The molecule has 0 heterocycles. The molecular weight excluding hydrogens is 767 g/mol. The van der Waals surface area contributed by atoms with Crippen molar-refractivity contribution < 1.29 is 24.5 Å². The van der Waals surface area contributed by atoms with Crippen molar-refractivity contribution in [2.45, 2.75) is 264 Å². The lowest BCUT2D eigenvalue weighted by molar-refractivity contribution is -0.148. The van der Waals surface area contributed by atoms with E-state index in [1.165, 1.54) is 122 Å². The van der Waals surface area contributed by atoms with Crippen LogP contribution in [0.4, 0.5) is 0 Å². The van der Waals surface area contributed by atoms with Crippen LogP contribution in [0.3, 0.4) is 0 Å². The van der Waals surface area contributed by atoms with Crippen molar-refractivity contribution in [2.24, 2.45) is 0 Å². The summed E-state index contributed by atoms with van der Waals surface area (Å²) < 4.78 is 5.81. The summed E-state index contributed by atoms with van der Waals surface area (Å²) in [6, 6.07) is -0.747. The topological polar surface area (TPSA) is 95.9 Å². The first kappa shape index (κ1) is 59.3. The molecule has 0 aliphatic rings. The number of hydrogen-bond donors (Lipinski definition) is 3. The maximum atomic E-state index is 13.2. The molecule has 0 spiro atoms. The fourth-order valence-corrected chi connectivity index (χ4v) is 7.56. The number of aliphatic hydroxyl groups excluding tert-OH is 2. The quantitative estimate of drug-likeness (QED) is 0.0322. The van der Waals surface area contributed by atoms with Gasteiger partial charge in [0.05, 0.1) is 25.2 Å². The number of unbranched alkanes of at least 4 members (excludes halogenated alkanes) is 24. The third kappa shape index (κ3) is 43.9. The second-order valence-electron chi connectivity index (χ2n) is 17.5. The van der Waals surface area contributed by atoms with Crippen molar-refractivity contribution in [1.29, 1.82) is 0 Å². The van der Waals surface area contributed by atoms with Gasteiger partial charge in [-0.25, -0.2) is 0 Å². The Morgan fingerprint density at radius 3 is 1.35 bits per heavy atom. The minimum Gasteiger partial charge on any atom is -0.458 e. The number of aliphatic hydroxyl groups is 2. The molecule has 0 fully saturated rings. The molecule has 62 heavy (non-hydrogen) atoms. The molecule has 0 aliphatic heterocycles. The van der Waals surface area contributed by atoms with Crippen molar-refractivity contribution >= 4 is 11.9 Å². The van der Waals surface area contributed by atoms with E-state index in [-0.39, 0.29) is 24.9 Å². The molecule has 0 bridgehead atoms. The smallest absolute Gasteiger partial charge is 0.306 e. The maximum absolute atomic E-state index is 13.2. The number of esters is 1. The highest BCUT2D eigenvalue weighted by Gasteiger charge is 2.23. The molecule has 0 aromatic rings. The SMILES string of the molecule is CC/C=C/C/C=C/C/C=C/C/C=C/C/C=C/C(CC(=O)NC(CO)C(O)CCCCCCCCCCCCCCCCC)OC(=O)CCCCC/C=C\CCCCCCCCC. The highest BCUT2D eigenvalue weighted by Crippen LogP contribution is 2.16. The molecule has 3 atom stereocenters. The van der Waals surface area contributed by atoms with Crippen LogP contribution in [0, 0.1) is 0 Å². The van der Waals surface area contributed by atoms with Crippen LogP contribution in [0.1, 0.15) is 245 Å². The Hall–Kier alpha value is -2.70. The molecular formula is C56H99NO5. The number of ether oxygens (including phenoxy) is 1. The van der Waals surface area contributed by atoms with Crippen molar-refractivity contribution in [2.75, 3.05) is 6.61 Å². The maximum Gasteiger partial charge on any atom is 0.306 e. The zero-order valence-electron chi connectivity index (χ0n) is 40.7. The van der Waals surface area contributed by atoms with Crippen LogP contribution in [-0.4, -0.2) is 46.9 Å². The molecule has 358 valence electrons. The fourth-order valence-electron chi connectivity index (χ4n) is 7.56. The van der Waals surface area contributed by atoms with Crippen LogP contribution < -0.4 is 5.32 Å². The molecule has 3 N–H and O–H groups in total.